The van der Waals surface area contributed by atoms with Crippen LogP contribution < -0.4 is 4.74 Å². The van der Waals surface area contributed by atoms with E-state index in [4.69, 9.17) is 4.74 Å². The van der Waals surface area contributed by atoms with E-state index in [2.05, 4.69) is 0 Å². The predicted molar refractivity (Wildman–Crippen MR) is 89.8 cm³/mol. The van der Waals surface area contributed by atoms with Crippen molar-refractivity contribution in [1.29, 1.82) is 0 Å². The molecule has 5 heteroatoms. The van der Waals surface area contributed by atoms with Gasteiger partial charge >= 0.3 is 0 Å². The van der Waals surface area contributed by atoms with Crippen molar-refractivity contribution in [2.45, 2.75) is 31.6 Å². The molecule has 0 aliphatic rings. The lowest BCUT2D eigenvalue weighted by atomic mass is 10.1. The molecular weight excluding hydrogens is 298 g/mol. The highest BCUT2D eigenvalue weighted by Gasteiger charge is 2.25. The SMILES string of the molecule is CCCN(CCC)S(=O)(=O)c1ccc(OC)c2ccccc12. The second kappa shape index (κ2) is 7.11. The second-order valence-corrected chi connectivity index (χ2v) is 7.12. The summed E-state index contributed by atoms with van der Waals surface area (Å²) in [5.41, 5.74) is 0. The number of hydrogen-bond donors (Lipinski definition) is 0. The molecular formula is C17H23NO3S. The Morgan fingerprint density at radius 3 is 2.09 bits per heavy atom. The van der Waals surface area contributed by atoms with Crippen molar-refractivity contribution in [3.63, 3.8) is 0 Å². The van der Waals surface area contributed by atoms with E-state index in [1.165, 1.54) is 0 Å². The summed E-state index contributed by atoms with van der Waals surface area (Å²) in [7, 11) is -1.91. The van der Waals surface area contributed by atoms with Crippen molar-refractivity contribution in [2.75, 3.05) is 20.2 Å². The van der Waals surface area contributed by atoms with Gasteiger partial charge < -0.3 is 4.74 Å². The van der Waals surface area contributed by atoms with Crippen LogP contribution in [0.5, 0.6) is 5.75 Å². The molecule has 0 spiro atoms. The average Bonchev–Trinajstić information content (AvgIpc) is 2.53. The molecule has 0 atom stereocenters. The molecule has 2 aromatic rings. The van der Waals surface area contributed by atoms with Gasteiger partial charge in [-0.05, 0) is 25.0 Å². The van der Waals surface area contributed by atoms with Crippen LogP contribution in [-0.2, 0) is 10.0 Å². The zero-order valence-corrected chi connectivity index (χ0v) is 14.2. The molecule has 0 aromatic heterocycles. The van der Waals surface area contributed by atoms with Crippen molar-refractivity contribution in [1.82, 2.24) is 4.31 Å². The molecule has 0 saturated heterocycles. The van der Waals surface area contributed by atoms with Gasteiger partial charge in [-0.2, -0.15) is 4.31 Å². The summed E-state index contributed by atoms with van der Waals surface area (Å²) in [4.78, 5) is 0.353. The highest BCUT2D eigenvalue weighted by molar-refractivity contribution is 7.89. The number of benzene rings is 2. The van der Waals surface area contributed by atoms with Gasteiger partial charge in [-0.1, -0.05) is 38.1 Å². The molecule has 0 amide bonds. The van der Waals surface area contributed by atoms with E-state index >= 15 is 0 Å². The van der Waals surface area contributed by atoms with E-state index in [0.717, 1.165) is 18.2 Å². The van der Waals surface area contributed by atoms with E-state index in [1.54, 1.807) is 23.5 Å². The summed E-state index contributed by atoms with van der Waals surface area (Å²) in [6.45, 7) is 5.06. The zero-order chi connectivity index (χ0) is 16.2. The molecule has 22 heavy (non-hydrogen) atoms. The number of fused-ring (bicyclic) bond motifs is 1. The fourth-order valence-electron chi connectivity index (χ4n) is 2.64. The van der Waals surface area contributed by atoms with E-state index in [-0.39, 0.29) is 0 Å². The Morgan fingerprint density at radius 2 is 1.55 bits per heavy atom. The molecule has 0 aliphatic heterocycles. The first-order valence-corrected chi connectivity index (χ1v) is 9.06. The minimum atomic E-state index is -3.50. The lowest BCUT2D eigenvalue weighted by molar-refractivity contribution is 0.409. The molecule has 2 rings (SSSR count). The Kier molecular flexibility index (Phi) is 5.42. The molecule has 120 valence electrons. The fraction of sp³-hybridized carbons (Fsp3) is 0.412. The van der Waals surface area contributed by atoms with Crippen LogP contribution >= 0.6 is 0 Å². The maximum atomic E-state index is 13.0. The third-order valence-corrected chi connectivity index (χ3v) is 5.58. The molecule has 4 nitrogen and oxygen atoms in total. The summed E-state index contributed by atoms with van der Waals surface area (Å²) in [5.74, 6) is 0.687. The van der Waals surface area contributed by atoms with Crippen LogP contribution in [-0.4, -0.2) is 32.9 Å². The molecule has 0 fully saturated rings. The maximum absolute atomic E-state index is 13.0. The third kappa shape index (κ3) is 3.10. The van der Waals surface area contributed by atoms with Gasteiger partial charge in [0, 0.05) is 23.9 Å². The maximum Gasteiger partial charge on any atom is 0.243 e. The van der Waals surface area contributed by atoms with Gasteiger partial charge in [0.25, 0.3) is 0 Å². The number of hydrogen-bond acceptors (Lipinski definition) is 3. The second-order valence-electron chi connectivity index (χ2n) is 5.22. The number of rotatable bonds is 7. The zero-order valence-electron chi connectivity index (χ0n) is 13.4. The van der Waals surface area contributed by atoms with Crippen molar-refractivity contribution in [3.05, 3.63) is 36.4 Å². The van der Waals surface area contributed by atoms with Crippen molar-refractivity contribution >= 4 is 20.8 Å². The summed E-state index contributed by atoms with van der Waals surface area (Å²) in [5, 5.41) is 1.53. The summed E-state index contributed by atoms with van der Waals surface area (Å²) in [6.07, 6.45) is 1.60. The van der Waals surface area contributed by atoms with Gasteiger partial charge in [0.2, 0.25) is 10.0 Å². The molecule has 0 N–H and O–H groups in total. The van der Waals surface area contributed by atoms with Crippen LogP contribution in [0, 0.1) is 0 Å². The first kappa shape index (κ1) is 16.8. The summed E-state index contributed by atoms with van der Waals surface area (Å²) >= 11 is 0. The monoisotopic (exact) mass is 321 g/mol. The van der Waals surface area contributed by atoms with Gasteiger partial charge in [0.15, 0.2) is 0 Å². The number of nitrogens with zero attached hydrogens (tertiary/aromatic N) is 1. The molecule has 0 aliphatic carbocycles. The molecule has 0 radical (unpaired) electrons. The molecule has 0 bridgehead atoms. The summed E-state index contributed by atoms with van der Waals surface area (Å²) < 4.78 is 32.9. The van der Waals surface area contributed by atoms with Crippen LogP contribution in [0.15, 0.2) is 41.3 Å². The minimum Gasteiger partial charge on any atom is -0.496 e. The Balaban J connectivity index is 2.63. The van der Waals surface area contributed by atoms with Gasteiger partial charge in [-0.3, -0.25) is 0 Å². The average molecular weight is 321 g/mol. The Morgan fingerprint density at radius 1 is 0.955 bits per heavy atom. The largest absolute Gasteiger partial charge is 0.496 e. The van der Waals surface area contributed by atoms with Gasteiger partial charge in [-0.15, -0.1) is 0 Å². The Bertz CT molecular complexity index is 735. The predicted octanol–water partition coefficient (Wildman–Crippen LogP) is 3.66. The molecule has 0 saturated carbocycles. The smallest absolute Gasteiger partial charge is 0.243 e. The van der Waals surface area contributed by atoms with Crippen LogP contribution in [0.25, 0.3) is 10.8 Å². The Labute approximate surface area is 132 Å². The molecule has 0 unspecified atom stereocenters. The van der Waals surface area contributed by atoms with E-state index in [0.29, 0.717) is 29.1 Å². The molecule has 2 aromatic carbocycles. The number of ether oxygens (including phenoxy) is 1. The van der Waals surface area contributed by atoms with Crippen LogP contribution in [0.4, 0.5) is 0 Å². The molecule has 0 heterocycles. The summed E-state index contributed by atoms with van der Waals surface area (Å²) in [6, 6.07) is 10.8. The quantitative estimate of drug-likeness (QED) is 0.782. The topological polar surface area (TPSA) is 46.6 Å². The normalized spacial score (nSPS) is 12.0. The number of sulfonamides is 1. The highest BCUT2D eigenvalue weighted by atomic mass is 32.2. The van der Waals surface area contributed by atoms with Crippen LogP contribution in [0.1, 0.15) is 26.7 Å². The van der Waals surface area contributed by atoms with E-state index in [1.807, 2.05) is 38.1 Å². The lowest BCUT2D eigenvalue weighted by Gasteiger charge is -2.22. The highest BCUT2D eigenvalue weighted by Crippen LogP contribution is 2.32. The van der Waals surface area contributed by atoms with Crippen LogP contribution in [0.3, 0.4) is 0 Å². The third-order valence-electron chi connectivity index (χ3n) is 3.63. The van der Waals surface area contributed by atoms with Crippen LogP contribution in [0.2, 0.25) is 0 Å². The lowest BCUT2D eigenvalue weighted by Crippen LogP contribution is -2.32. The first-order chi connectivity index (χ1) is 10.6. The fourth-order valence-corrected chi connectivity index (χ4v) is 4.46. The van der Waals surface area contributed by atoms with Gasteiger partial charge in [-0.25, -0.2) is 8.42 Å². The number of methoxy groups -OCH3 is 1. The standard InChI is InChI=1S/C17H23NO3S/c1-4-12-18(13-5-2)22(19,20)17-11-10-16(21-3)14-8-6-7-9-15(14)17/h6-11H,4-5,12-13H2,1-3H3. The van der Waals surface area contributed by atoms with Crippen molar-refractivity contribution < 1.29 is 13.2 Å². The van der Waals surface area contributed by atoms with E-state index in [9.17, 15) is 8.42 Å². The van der Waals surface area contributed by atoms with Crippen molar-refractivity contribution in [3.8, 4) is 5.75 Å². The first-order valence-electron chi connectivity index (χ1n) is 7.62. The van der Waals surface area contributed by atoms with Gasteiger partial charge in [0.1, 0.15) is 5.75 Å². The Hall–Kier alpha value is -1.59. The van der Waals surface area contributed by atoms with Crippen molar-refractivity contribution in [2.24, 2.45) is 0 Å². The minimum absolute atomic E-state index is 0.353. The van der Waals surface area contributed by atoms with Gasteiger partial charge in [0.05, 0.1) is 12.0 Å². The van der Waals surface area contributed by atoms with E-state index < -0.39 is 10.0 Å².